The second-order valence-electron chi connectivity index (χ2n) is 5.51. The largest absolute Gasteiger partial charge is 0.492 e. The van der Waals surface area contributed by atoms with Crippen LogP contribution < -0.4 is 4.74 Å². The Morgan fingerprint density at radius 2 is 1.59 bits per heavy atom. The van der Waals surface area contributed by atoms with Crippen molar-refractivity contribution in [2.24, 2.45) is 0 Å². The number of hydrogen-bond acceptors (Lipinski definition) is 2. The van der Waals surface area contributed by atoms with Gasteiger partial charge >= 0.3 is 0 Å². The van der Waals surface area contributed by atoms with Gasteiger partial charge in [0.2, 0.25) is 0 Å². The summed E-state index contributed by atoms with van der Waals surface area (Å²) in [7, 11) is 0. The van der Waals surface area contributed by atoms with Crippen molar-refractivity contribution in [2.75, 3.05) is 6.61 Å². The van der Waals surface area contributed by atoms with Crippen LogP contribution in [-0.4, -0.2) is 11.6 Å². The molecule has 0 saturated carbocycles. The predicted octanol–water partition coefficient (Wildman–Crippen LogP) is 5.10. The summed E-state index contributed by atoms with van der Waals surface area (Å²) in [4.78, 5) is 4.12. The molecule has 3 rings (SSSR count). The third-order valence-electron chi connectivity index (χ3n) is 3.64. The van der Waals surface area contributed by atoms with Gasteiger partial charge in [-0.2, -0.15) is 0 Å². The summed E-state index contributed by atoms with van der Waals surface area (Å²) in [5, 5.41) is 0. The van der Waals surface area contributed by atoms with Crippen LogP contribution >= 0.6 is 0 Å². The van der Waals surface area contributed by atoms with Gasteiger partial charge in [-0.15, -0.1) is 0 Å². The van der Waals surface area contributed by atoms with Crippen LogP contribution in [0.4, 0.5) is 17.6 Å². The number of halogens is 4. The summed E-state index contributed by atoms with van der Waals surface area (Å²) in [6.45, 7) is 2.31. The number of aromatic nitrogens is 1. The van der Waals surface area contributed by atoms with Crippen LogP contribution in [0.15, 0.2) is 48.7 Å². The highest BCUT2D eigenvalue weighted by Crippen LogP contribution is 2.24. The fourth-order valence-electron chi connectivity index (χ4n) is 2.35. The van der Waals surface area contributed by atoms with Crippen LogP contribution in [0.2, 0.25) is 0 Å². The first-order valence-electron chi connectivity index (χ1n) is 8.03. The zero-order valence-electron chi connectivity index (χ0n) is 14.2. The quantitative estimate of drug-likeness (QED) is 0.472. The van der Waals surface area contributed by atoms with Crippen LogP contribution in [0, 0.1) is 35.1 Å². The molecule has 0 spiro atoms. The molecule has 0 aliphatic rings. The Hall–Kier alpha value is -3.33. The Morgan fingerprint density at radius 1 is 0.852 bits per heavy atom. The van der Waals surface area contributed by atoms with Crippen molar-refractivity contribution in [3.05, 3.63) is 83.1 Å². The minimum atomic E-state index is -1.08. The highest BCUT2D eigenvalue weighted by Gasteiger charge is 2.11. The fourth-order valence-corrected chi connectivity index (χ4v) is 2.35. The lowest BCUT2D eigenvalue weighted by atomic mass is 10.1. The summed E-state index contributed by atoms with van der Waals surface area (Å²) in [5.41, 5.74) is 0.252. The van der Waals surface area contributed by atoms with E-state index in [1.165, 1.54) is 12.3 Å². The molecule has 2 aromatic carbocycles. The molecule has 2 nitrogen and oxygen atoms in total. The first-order chi connectivity index (χ1) is 13.0. The number of nitrogens with zero attached hydrogens (tertiary/aromatic N) is 1. The van der Waals surface area contributed by atoms with Crippen LogP contribution in [0.3, 0.4) is 0 Å². The molecule has 0 aliphatic heterocycles. The molecule has 1 heterocycles. The van der Waals surface area contributed by atoms with Gasteiger partial charge in [0, 0.05) is 11.1 Å². The number of pyridine rings is 1. The molecule has 1 aromatic heterocycles. The van der Waals surface area contributed by atoms with Gasteiger partial charge in [-0.25, -0.2) is 17.6 Å². The lowest BCUT2D eigenvalue weighted by molar-refractivity contribution is 0.339. The minimum Gasteiger partial charge on any atom is -0.492 e. The molecular formula is C21H13F4NO. The smallest absolute Gasteiger partial charge is 0.160 e. The van der Waals surface area contributed by atoms with E-state index in [0.717, 1.165) is 24.3 Å². The van der Waals surface area contributed by atoms with E-state index in [0.29, 0.717) is 18.1 Å². The molecule has 136 valence electrons. The number of hydrogen-bond donors (Lipinski definition) is 0. The molecule has 0 saturated heterocycles. The van der Waals surface area contributed by atoms with Gasteiger partial charge in [0.1, 0.15) is 17.4 Å². The van der Waals surface area contributed by atoms with Crippen molar-refractivity contribution in [2.45, 2.75) is 6.92 Å². The lowest BCUT2D eigenvalue weighted by Crippen LogP contribution is -1.95. The summed E-state index contributed by atoms with van der Waals surface area (Å²) < 4.78 is 60.0. The number of ether oxygens (including phenoxy) is 1. The maximum absolute atomic E-state index is 14.3. The standard InChI is InChI=1S/C21H13F4NO/c1-2-27-15-5-8-21(26-12-15)14-10-18(23)16(19(24)11-14)6-3-13-4-7-17(22)20(25)9-13/h4-5,7-12H,2H2,1H3. The second kappa shape index (κ2) is 7.92. The Balaban J connectivity index is 1.91. The van der Waals surface area contributed by atoms with Crippen molar-refractivity contribution >= 4 is 0 Å². The van der Waals surface area contributed by atoms with Gasteiger partial charge in [-0.3, -0.25) is 4.98 Å². The summed E-state index contributed by atoms with van der Waals surface area (Å²) in [5.74, 6) is 1.43. The van der Waals surface area contributed by atoms with Gasteiger partial charge < -0.3 is 4.74 Å². The van der Waals surface area contributed by atoms with Crippen LogP contribution in [0.1, 0.15) is 18.1 Å². The maximum Gasteiger partial charge on any atom is 0.160 e. The van der Waals surface area contributed by atoms with Gasteiger partial charge in [0.05, 0.1) is 24.1 Å². The topological polar surface area (TPSA) is 22.1 Å². The average Bonchev–Trinajstić information content (AvgIpc) is 2.64. The zero-order valence-corrected chi connectivity index (χ0v) is 14.2. The van der Waals surface area contributed by atoms with Gasteiger partial charge in [0.15, 0.2) is 11.6 Å². The summed E-state index contributed by atoms with van der Waals surface area (Å²) in [6.07, 6.45) is 1.46. The van der Waals surface area contributed by atoms with Crippen molar-refractivity contribution in [1.82, 2.24) is 4.98 Å². The predicted molar refractivity (Wildman–Crippen MR) is 93.1 cm³/mol. The Kier molecular flexibility index (Phi) is 5.41. The molecule has 27 heavy (non-hydrogen) atoms. The van der Waals surface area contributed by atoms with E-state index >= 15 is 0 Å². The lowest BCUT2D eigenvalue weighted by Gasteiger charge is -2.06. The maximum atomic E-state index is 14.3. The van der Waals surface area contributed by atoms with E-state index in [4.69, 9.17) is 4.74 Å². The monoisotopic (exact) mass is 371 g/mol. The Bertz CT molecular complexity index is 1010. The van der Waals surface area contributed by atoms with Crippen LogP contribution in [0.25, 0.3) is 11.3 Å². The highest BCUT2D eigenvalue weighted by atomic mass is 19.2. The van der Waals surface area contributed by atoms with Gasteiger partial charge in [-0.05, 0) is 49.4 Å². The average molecular weight is 371 g/mol. The van der Waals surface area contributed by atoms with E-state index in [1.54, 1.807) is 12.1 Å². The normalized spacial score (nSPS) is 10.3. The fraction of sp³-hybridized carbons (Fsp3) is 0.0952. The van der Waals surface area contributed by atoms with E-state index in [1.807, 2.05) is 6.92 Å². The molecule has 0 fully saturated rings. The number of benzene rings is 2. The molecule has 6 heteroatoms. The van der Waals surface area contributed by atoms with Crippen molar-refractivity contribution in [3.8, 4) is 28.8 Å². The molecular weight excluding hydrogens is 358 g/mol. The number of rotatable bonds is 3. The minimum absolute atomic E-state index is 0.102. The van der Waals surface area contributed by atoms with E-state index in [2.05, 4.69) is 16.8 Å². The third-order valence-corrected chi connectivity index (χ3v) is 3.64. The van der Waals surface area contributed by atoms with E-state index in [9.17, 15) is 17.6 Å². The molecule has 0 radical (unpaired) electrons. The van der Waals surface area contributed by atoms with Crippen LogP contribution in [-0.2, 0) is 0 Å². The van der Waals surface area contributed by atoms with Gasteiger partial charge in [0.25, 0.3) is 0 Å². The van der Waals surface area contributed by atoms with Crippen LogP contribution in [0.5, 0.6) is 5.75 Å². The third kappa shape index (κ3) is 4.26. The first kappa shape index (κ1) is 18.5. The second-order valence-corrected chi connectivity index (χ2v) is 5.51. The van der Waals surface area contributed by atoms with Crippen molar-refractivity contribution in [3.63, 3.8) is 0 Å². The van der Waals surface area contributed by atoms with Crippen molar-refractivity contribution < 1.29 is 22.3 Å². The molecule has 0 bridgehead atoms. The first-order valence-corrected chi connectivity index (χ1v) is 8.03. The van der Waals surface area contributed by atoms with Crippen molar-refractivity contribution in [1.29, 1.82) is 0 Å². The van der Waals surface area contributed by atoms with E-state index in [-0.39, 0.29) is 11.1 Å². The highest BCUT2D eigenvalue weighted by molar-refractivity contribution is 5.62. The summed E-state index contributed by atoms with van der Waals surface area (Å²) in [6, 6.07) is 8.44. The molecule has 0 amide bonds. The Labute approximate surface area is 153 Å². The molecule has 0 atom stereocenters. The van der Waals surface area contributed by atoms with E-state index < -0.39 is 28.8 Å². The Morgan fingerprint density at radius 3 is 2.19 bits per heavy atom. The molecule has 3 aromatic rings. The SMILES string of the molecule is CCOc1ccc(-c2cc(F)c(C#Cc3ccc(F)c(F)c3)c(F)c2)nc1. The molecule has 0 aliphatic carbocycles. The molecule has 0 unspecified atom stereocenters. The van der Waals surface area contributed by atoms with Gasteiger partial charge in [-0.1, -0.05) is 11.8 Å². The molecule has 0 N–H and O–H groups in total. The summed E-state index contributed by atoms with van der Waals surface area (Å²) >= 11 is 0. The zero-order chi connectivity index (χ0) is 19.4.